The van der Waals surface area contributed by atoms with E-state index in [1.54, 1.807) is 25.3 Å². The second kappa shape index (κ2) is 5.66. The Bertz CT molecular complexity index is 850. The first kappa shape index (κ1) is 14.4. The van der Waals surface area contributed by atoms with Crippen LogP contribution < -0.4 is 10.1 Å². The summed E-state index contributed by atoms with van der Waals surface area (Å²) in [4.78, 5) is 12.1. The molecular formula is C17H11BrN2O2. The highest BCUT2D eigenvalue weighted by Gasteiger charge is 2.24. The Labute approximate surface area is 136 Å². The molecule has 22 heavy (non-hydrogen) atoms. The summed E-state index contributed by atoms with van der Waals surface area (Å²) in [7, 11) is 1.60. The van der Waals surface area contributed by atoms with E-state index in [0.29, 0.717) is 16.8 Å². The quantitative estimate of drug-likeness (QED) is 0.833. The number of ether oxygens (including phenoxy) is 1. The van der Waals surface area contributed by atoms with Crippen molar-refractivity contribution in [3.8, 4) is 11.8 Å². The Morgan fingerprint density at radius 2 is 2.09 bits per heavy atom. The van der Waals surface area contributed by atoms with Crippen LogP contribution in [0.4, 0.5) is 5.69 Å². The smallest absolute Gasteiger partial charge is 0.256 e. The lowest BCUT2D eigenvalue weighted by molar-refractivity contribution is -0.110. The topological polar surface area (TPSA) is 62.1 Å². The zero-order valence-corrected chi connectivity index (χ0v) is 13.3. The first-order chi connectivity index (χ1) is 10.6. The number of nitriles is 1. The van der Waals surface area contributed by atoms with Crippen LogP contribution in [0.25, 0.3) is 11.6 Å². The van der Waals surface area contributed by atoms with Crippen LogP contribution in [-0.2, 0) is 4.79 Å². The minimum atomic E-state index is -0.169. The monoisotopic (exact) mass is 354 g/mol. The molecule has 5 heteroatoms. The largest absolute Gasteiger partial charge is 0.496 e. The summed E-state index contributed by atoms with van der Waals surface area (Å²) in [5.41, 5.74) is 3.46. The number of fused-ring (bicyclic) bond motifs is 1. The molecule has 1 heterocycles. The van der Waals surface area contributed by atoms with Crippen molar-refractivity contribution in [3.63, 3.8) is 0 Å². The van der Waals surface area contributed by atoms with Crippen molar-refractivity contribution in [2.24, 2.45) is 0 Å². The van der Waals surface area contributed by atoms with Crippen LogP contribution in [0.1, 0.15) is 16.7 Å². The highest BCUT2D eigenvalue weighted by atomic mass is 79.9. The fourth-order valence-corrected chi connectivity index (χ4v) is 2.90. The van der Waals surface area contributed by atoms with E-state index in [9.17, 15) is 4.79 Å². The van der Waals surface area contributed by atoms with Gasteiger partial charge in [-0.2, -0.15) is 5.26 Å². The zero-order valence-electron chi connectivity index (χ0n) is 11.7. The van der Waals surface area contributed by atoms with Crippen molar-refractivity contribution < 1.29 is 9.53 Å². The van der Waals surface area contributed by atoms with E-state index in [-0.39, 0.29) is 5.91 Å². The lowest BCUT2D eigenvalue weighted by Crippen LogP contribution is -2.03. The Morgan fingerprint density at radius 3 is 2.77 bits per heavy atom. The fraction of sp³-hybridized carbons (Fsp3) is 0.0588. The van der Waals surface area contributed by atoms with Crippen LogP contribution in [0.15, 0.2) is 40.9 Å². The molecule has 0 atom stereocenters. The van der Waals surface area contributed by atoms with Gasteiger partial charge in [0.15, 0.2) is 0 Å². The number of hydrogen-bond donors (Lipinski definition) is 1. The van der Waals surface area contributed by atoms with E-state index in [0.717, 1.165) is 21.3 Å². The number of halogens is 1. The molecule has 0 aromatic heterocycles. The third-order valence-corrected chi connectivity index (χ3v) is 4.04. The van der Waals surface area contributed by atoms with Crippen LogP contribution in [0.5, 0.6) is 5.75 Å². The van der Waals surface area contributed by atoms with Gasteiger partial charge in [-0.3, -0.25) is 4.79 Å². The average molecular weight is 355 g/mol. The Balaban J connectivity index is 2.04. The van der Waals surface area contributed by atoms with Crippen molar-refractivity contribution in [1.82, 2.24) is 0 Å². The molecule has 3 rings (SSSR count). The van der Waals surface area contributed by atoms with Crippen molar-refractivity contribution >= 4 is 39.2 Å². The molecule has 0 saturated carbocycles. The predicted molar refractivity (Wildman–Crippen MR) is 88.4 cm³/mol. The Kier molecular flexibility index (Phi) is 3.70. The summed E-state index contributed by atoms with van der Waals surface area (Å²) >= 11 is 3.43. The normalized spacial score (nSPS) is 14.4. The maximum Gasteiger partial charge on any atom is 0.256 e. The Morgan fingerprint density at radius 1 is 1.27 bits per heavy atom. The number of carbonyl (C=O) groups excluding carboxylic acids is 1. The maximum atomic E-state index is 12.1. The molecule has 1 N–H and O–H groups in total. The van der Waals surface area contributed by atoms with Gasteiger partial charge in [0.1, 0.15) is 5.75 Å². The standard InChI is InChI=1S/C17H11BrN2O2/c1-22-16-5-3-10(7-14(16)18)6-13-12-4-2-11(9-19)8-15(12)20-17(13)21/h2-8H,1H3,(H,20,21). The number of hydrogen-bond acceptors (Lipinski definition) is 3. The summed E-state index contributed by atoms with van der Waals surface area (Å²) in [6.07, 6.45) is 1.82. The van der Waals surface area contributed by atoms with Gasteiger partial charge >= 0.3 is 0 Å². The predicted octanol–water partition coefficient (Wildman–Crippen LogP) is 3.82. The summed E-state index contributed by atoms with van der Waals surface area (Å²) in [5, 5.41) is 11.7. The van der Waals surface area contributed by atoms with Gasteiger partial charge in [-0.05, 0) is 51.8 Å². The van der Waals surface area contributed by atoms with Gasteiger partial charge in [0.2, 0.25) is 0 Å². The van der Waals surface area contributed by atoms with E-state index in [4.69, 9.17) is 10.00 Å². The molecule has 1 amide bonds. The third-order valence-electron chi connectivity index (χ3n) is 3.42. The highest BCUT2D eigenvalue weighted by Crippen LogP contribution is 2.34. The van der Waals surface area contributed by atoms with Crippen molar-refractivity contribution in [2.75, 3.05) is 12.4 Å². The van der Waals surface area contributed by atoms with Crippen molar-refractivity contribution in [3.05, 3.63) is 57.6 Å². The Hall–Kier alpha value is -2.58. The number of carbonyl (C=O) groups is 1. The highest BCUT2D eigenvalue weighted by molar-refractivity contribution is 9.10. The zero-order chi connectivity index (χ0) is 15.7. The molecule has 4 nitrogen and oxygen atoms in total. The SMILES string of the molecule is COc1ccc(C=C2C(=O)Nc3cc(C#N)ccc32)cc1Br. The fourth-order valence-electron chi connectivity index (χ4n) is 2.35. The maximum absolute atomic E-state index is 12.1. The number of benzene rings is 2. The van der Waals surface area contributed by atoms with Gasteiger partial charge in [-0.15, -0.1) is 0 Å². The van der Waals surface area contributed by atoms with Crippen LogP contribution >= 0.6 is 15.9 Å². The number of rotatable bonds is 2. The van der Waals surface area contributed by atoms with Gasteiger partial charge in [-0.25, -0.2) is 0 Å². The summed E-state index contributed by atoms with van der Waals surface area (Å²) in [6, 6.07) is 12.8. The average Bonchev–Trinajstić information content (AvgIpc) is 2.82. The van der Waals surface area contributed by atoms with E-state index >= 15 is 0 Å². The summed E-state index contributed by atoms with van der Waals surface area (Å²) < 4.78 is 6.02. The number of anilines is 1. The van der Waals surface area contributed by atoms with Gasteiger partial charge < -0.3 is 10.1 Å². The van der Waals surface area contributed by atoms with Gasteiger partial charge in [0, 0.05) is 11.1 Å². The summed E-state index contributed by atoms with van der Waals surface area (Å²) in [5.74, 6) is 0.564. The molecule has 0 fully saturated rings. The van der Waals surface area contributed by atoms with Gasteiger partial charge in [0.05, 0.1) is 28.9 Å². The number of methoxy groups -OCH3 is 1. The van der Waals surface area contributed by atoms with E-state index in [1.165, 1.54) is 0 Å². The van der Waals surface area contributed by atoms with Crippen molar-refractivity contribution in [1.29, 1.82) is 5.26 Å². The second-order valence-corrected chi connectivity index (χ2v) is 5.63. The minimum absolute atomic E-state index is 0.169. The molecule has 108 valence electrons. The number of nitrogens with zero attached hydrogens (tertiary/aromatic N) is 1. The molecule has 0 radical (unpaired) electrons. The van der Waals surface area contributed by atoms with E-state index < -0.39 is 0 Å². The van der Waals surface area contributed by atoms with Crippen LogP contribution in [0.2, 0.25) is 0 Å². The molecule has 2 aromatic carbocycles. The molecule has 0 unspecified atom stereocenters. The second-order valence-electron chi connectivity index (χ2n) is 4.78. The minimum Gasteiger partial charge on any atom is -0.496 e. The first-order valence-electron chi connectivity index (χ1n) is 6.53. The summed E-state index contributed by atoms with van der Waals surface area (Å²) in [6.45, 7) is 0. The molecule has 1 aliphatic rings. The lowest BCUT2D eigenvalue weighted by Gasteiger charge is -2.04. The first-order valence-corrected chi connectivity index (χ1v) is 7.33. The molecule has 1 aliphatic heterocycles. The number of nitrogens with one attached hydrogen (secondary N) is 1. The molecule has 0 saturated heterocycles. The van der Waals surface area contributed by atoms with E-state index in [2.05, 4.69) is 27.3 Å². The molecule has 0 bridgehead atoms. The third kappa shape index (κ3) is 2.49. The lowest BCUT2D eigenvalue weighted by atomic mass is 10.0. The molecule has 2 aromatic rings. The molecule has 0 aliphatic carbocycles. The number of amides is 1. The van der Waals surface area contributed by atoms with Crippen LogP contribution in [0.3, 0.4) is 0 Å². The van der Waals surface area contributed by atoms with Crippen LogP contribution in [-0.4, -0.2) is 13.0 Å². The molecule has 0 spiro atoms. The van der Waals surface area contributed by atoms with Crippen molar-refractivity contribution in [2.45, 2.75) is 0 Å². The van der Waals surface area contributed by atoms with Crippen LogP contribution in [0, 0.1) is 11.3 Å². The van der Waals surface area contributed by atoms with E-state index in [1.807, 2.05) is 24.3 Å². The molecular weight excluding hydrogens is 344 g/mol. The van der Waals surface area contributed by atoms with Gasteiger partial charge in [0.25, 0.3) is 5.91 Å². The van der Waals surface area contributed by atoms with Gasteiger partial charge in [-0.1, -0.05) is 12.1 Å².